The number of benzene rings is 1. The van der Waals surface area contributed by atoms with Crippen LogP contribution in [0, 0.1) is 0 Å². The summed E-state index contributed by atoms with van der Waals surface area (Å²) in [5.41, 5.74) is 1.27. The first-order chi connectivity index (χ1) is 7.70. The second kappa shape index (κ2) is 6.71. The van der Waals surface area contributed by atoms with Crippen molar-refractivity contribution in [1.29, 1.82) is 0 Å². The number of carbonyl (C=O) groups is 1. The Labute approximate surface area is 95.0 Å². The van der Waals surface area contributed by atoms with Crippen LogP contribution in [0.2, 0.25) is 0 Å². The lowest BCUT2D eigenvalue weighted by Crippen LogP contribution is -2.12. The minimum atomic E-state index is -0.938. The summed E-state index contributed by atoms with van der Waals surface area (Å²) >= 11 is 0. The molecule has 0 amide bonds. The maximum atomic E-state index is 10.4. The Morgan fingerprint density at radius 3 is 2.69 bits per heavy atom. The minimum Gasteiger partial charge on any atom is -0.480 e. The van der Waals surface area contributed by atoms with Gasteiger partial charge in [-0.05, 0) is 25.3 Å². The fourth-order valence-electron chi connectivity index (χ4n) is 1.23. The van der Waals surface area contributed by atoms with Gasteiger partial charge in [-0.1, -0.05) is 30.3 Å². The maximum Gasteiger partial charge on any atom is 0.330 e. The largest absolute Gasteiger partial charge is 0.480 e. The summed E-state index contributed by atoms with van der Waals surface area (Å²) < 4.78 is 0. The van der Waals surface area contributed by atoms with Crippen LogP contribution < -0.4 is 0 Å². The molecular formula is C12H16N2O2. The average Bonchev–Trinajstić information content (AvgIpc) is 2.29. The molecule has 86 valence electrons. The molecule has 1 rings (SSSR count). The second-order valence-electron chi connectivity index (χ2n) is 3.58. The van der Waals surface area contributed by atoms with Crippen LogP contribution in [0.15, 0.2) is 40.6 Å². The summed E-state index contributed by atoms with van der Waals surface area (Å²) in [5.74, 6) is -0.938. The zero-order valence-corrected chi connectivity index (χ0v) is 9.34. The van der Waals surface area contributed by atoms with Crippen molar-refractivity contribution in [2.45, 2.75) is 25.8 Å². The van der Waals surface area contributed by atoms with Crippen LogP contribution in [0.3, 0.4) is 0 Å². The van der Waals surface area contributed by atoms with E-state index in [0.717, 1.165) is 12.8 Å². The fraction of sp³-hybridized carbons (Fsp3) is 0.417. The van der Waals surface area contributed by atoms with Crippen molar-refractivity contribution >= 4 is 5.97 Å². The van der Waals surface area contributed by atoms with E-state index in [1.165, 1.54) is 12.5 Å². The zero-order chi connectivity index (χ0) is 11.8. The smallest absolute Gasteiger partial charge is 0.330 e. The summed E-state index contributed by atoms with van der Waals surface area (Å²) in [6, 6.07) is 9.38. The Morgan fingerprint density at radius 1 is 1.38 bits per heavy atom. The number of carboxylic acids is 1. The average molecular weight is 220 g/mol. The van der Waals surface area contributed by atoms with Crippen molar-refractivity contribution in [2.24, 2.45) is 10.2 Å². The first kappa shape index (κ1) is 12.4. The highest BCUT2D eigenvalue weighted by Crippen LogP contribution is 2.02. The van der Waals surface area contributed by atoms with Gasteiger partial charge in [0.1, 0.15) is 0 Å². The molecule has 1 aromatic rings. The van der Waals surface area contributed by atoms with Crippen molar-refractivity contribution in [2.75, 3.05) is 6.54 Å². The van der Waals surface area contributed by atoms with E-state index in [4.69, 9.17) is 5.11 Å². The molecule has 0 saturated heterocycles. The van der Waals surface area contributed by atoms with Gasteiger partial charge in [0.2, 0.25) is 0 Å². The van der Waals surface area contributed by atoms with Gasteiger partial charge in [-0.25, -0.2) is 4.79 Å². The lowest BCUT2D eigenvalue weighted by molar-refractivity contribution is -0.138. The number of nitrogens with zero attached hydrogens (tertiary/aromatic N) is 2. The Hall–Kier alpha value is -1.71. The monoisotopic (exact) mass is 220 g/mol. The summed E-state index contributed by atoms with van der Waals surface area (Å²) in [6.07, 6.45) is 1.83. The third kappa shape index (κ3) is 4.68. The third-order valence-electron chi connectivity index (χ3n) is 2.18. The highest BCUT2D eigenvalue weighted by Gasteiger charge is 2.07. The molecule has 0 bridgehead atoms. The zero-order valence-electron chi connectivity index (χ0n) is 9.34. The van der Waals surface area contributed by atoms with Gasteiger partial charge in [-0.3, -0.25) is 0 Å². The summed E-state index contributed by atoms with van der Waals surface area (Å²) in [4.78, 5) is 10.4. The third-order valence-corrected chi connectivity index (χ3v) is 2.18. The Kier molecular flexibility index (Phi) is 5.19. The molecule has 16 heavy (non-hydrogen) atoms. The number of hydrogen-bond donors (Lipinski definition) is 1. The molecule has 0 saturated carbocycles. The standard InChI is InChI=1S/C12H16N2O2/c1-10(12(15)16)14-13-9-5-8-11-6-3-2-4-7-11/h2-4,6-7,10H,5,8-9H2,1H3,(H,15,16). The topological polar surface area (TPSA) is 62.0 Å². The molecule has 0 aliphatic carbocycles. The number of aryl methyl sites for hydroxylation is 1. The summed E-state index contributed by atoms with van der Waals surface area (Å²) in [6.45, 7) is 2.09. The van der Waals surface area contributed by atoms with Crippen LogP contribution in [-0.2, 0) is 11.2 Å². The lowest BCUT2D eigenvalue weighted by Gasteiger charge is -1.99. The highest BCUT2D eigenvalue weighted by atomic mass is 16.4. The number of carboxylic acid groups (broad SMARTS) is 1. The van der Waals surface area contributed by atoms with E-state index >= 15 is 0 Å². The van der Waals surface area contributed by atoms with Crippen LogP contribution in [0.25, 0.3) is 0 Å². The molecule has 4 heteroatoms. The quantitative estimate of drug-likeness (QED) is 0.591. The molecule has 0 aromatic heterocycles. The molecule has 1 aromatic carbocycles. The van der Waals surface area contributed by atoms with Gasteiger partial charge in [-0.2, -0.15) is 10.2 Å². The van der Waals surface area contributed by atoms with Gasteiger partial charge in [-0.15, -0.1) is 0 Å². The fourth-order valence-corrected chi connectivity index (χ4v) is 1.23. The summed E-state index contributed by atoms with van der Waals surface area (Å²) in [7, 11) is 0. The molecule has 0 spiro atoms. The molecule has 1 atom stereocenters. The van der Waals surface area contributed by atoms with E-state index in [1.54, 1.807) is 0 Å². The highest BCUT2D eigenvalue weighted by molar-refractivity contribution is 5.72. The molecule has 0 aliphatic heterocycles. The molecule has 0 aliphatic rings. The predicted octanol–water partition coefficient (Wildman–Crippen LogP) is 2.54. The van der Waals surface area contributed by atoms with Gasteiger partial charge >= 0.3 is 5.97 Å². The Bertz CT molecular complexity index is 349. The Balaban J connectivity index is 2.20. The minimum absolute atomic E-state index is 0.576. The molecule has 0 heterocycles. The first-order valence-corrected chi connectivity index (χ1v) is 5.33. The molecule has 1 N–H and O–H groups in total. The SMILES string of the molecule is CC(N=NCCCc1ccccc1)C(=O)O. The van der Waals surface area contributed by atoms with E-state index in [0.29, 0.717) is 6.54 Å². The predicted molar refractivity (Wildman–Crippen MR) is 61.6 cm³/mol. The van der Waals surface area contributed by atoms with Crippen molar-refractivity contribution in [3.8, 4) is 0 Å². The van der Waals surface area contributed by atoms with Crippen LogP contribution in [0.1, 0.15) is 18.9 Å². The molecule has 4 nitrogen and oxygen atoms in total. The van der Waals surface area contributed by atoms with Gasteiger partial charge in [0.05, 0.1) is 6.54 Å². The van der Waals surface area contributed by atoms with E-state index in [-0.39, 0.29) is 0 Å². The van der Waals surface area contributed by atoms with Gasteiger partial charge in [0, 0.05) is 0 Å². The number of hydrogen-bond acceptors (Lipinski definition) is 3. The van der Waals surface area contributed by atoms with E-state index in [1.807, 2.05) is 18.2 Å². The van der Waals surface area contributed by atoms with Gasteiger partial charge < -0.3 is 5.11 Å². The number of aliphatic carboxylic acids is 1. The van der Waals surface area contributed by atoms with Crippen molar-refractivity contribution in [1.82, 2.24) is 0 Å². The van der Waals surface area contributed by atoms with Gasteiger partial charge in [0.15, 0.2) is 6.04 Å². The van der Waals surface area contributed by atoms with Gasteiger partial charge in [0.25, 0.3) is 0 Å². The second-order valence-corrected chi connectivity index (χ2v) is 3.58. The maximum absolute atomic E-state index is 10.4. The van der Waals surface area contributed by atoms with Crippen LogP contribution in [0.4, 0.5) is 0 Å². The molecule has 0 fully saturated rings. The van der Waals surface area contributed by atoms with E-state index in [2.05, 4.69) is 22.4 Å². The van der Waals surface area contributed by atoms with Crippen molar-refractivity contribution in [3.05, 3.63) is 35.9 Å². The summed E-state index contributed by atoms with van der Waals surface area (Å²) in [5, 5.41) is 16.1. The Morgan fingerprint density at radius 2 is 2.06 bits per heavy atom. The molecule has 1 unspecified atom stereocenters. The van der Waals surface area contributed by atoms with Crippen molar-refractivity contribution < 1.29 is 9.90 Å². The van der Waals surface area contributed by atoms with E-state index in [9.17, 15) is 4.79 Å². The van der Waals surface area contributed by atoms with Crippen LogP contribution in [0.5, 0.6) is 0 Å². The van der Waals surface area contributed by atoms with E-state index < -0.39 is 12.0 Å². The molecule has 0 radical (unpaired) electrons. The number of azo groups is 1. The number of rotatable bonds is 6. The lowest BCUT2D eigenvalue weighted by atomic mass is 10.1. The first-order valence-electron chi connectivity index (χ1n) is 5.33. The van der Waals surface area contributed by atoms with Crippen LogP contribution in [-0.4, -0.2) is 23.7 Å². The van der Waals surface area contributed by atoms with Crippen molar-refractivity contribution in [3.63, 3.8) is 0 Å². The molecular weight excluding hydrogens is 204 g/mol. The van der Waals surface area contributed by atoms with Crippen LogP contribution >= 0.6 is 0 Å². The normalized spacial score (nSPS) is 12.8.